The fourth-order valence-corrected chi connectivity index (χ4v) is 5.08. The average molecular weight is 350 g/mol. The molecule has 0 amide bonds. The van der Waals surface area contributed by atoms with Crippen LogP contribution in [-0.4, -0.2) is 32.9 Å². The van der Waals surface area contributed by atoms with Crippen LogP contribution in [0.25, 0.3) is 0 Å². The van der Waals surface area contributed by atoms with Crippen molar-refractivity contribution in [2.75, 3.05) is 0 Å². The first-order valence-corrected chi connectivity index (χ1v) is 12.9. The summed E-state index contributed by atoms with van der Waals surface area (Å²) in [6, 6.07) is 6.79. The summed E-state index contributed by atoms with van der Waals surface area (Å²) in [7, 11) is -5.01. The number of hydrogen-bond donors (Lipinski definition) is 0. The highest BCUT2D eigenvalue weighted by atomic mass is 32.2. The molecule has 1 saturated heterocycles. The maximum Gasteiger partial charge on any atom is 0.244 e. The number of rotatable bonds is 2. The Balaban J connectivity index is 2.39. The van der Waals surface area contributed by atoms with Crippen LogP contribution in [0.5, 0.6) is 0 Å². The lowest BCUT2D eigenvalue weighted by molar-refractivity contribution is 0.370. The van der Waals surface area contributed by atoms with Crippen LogP contribution in [-0.2, 0) is 10.0 Å². The van der Waals surface area contributed by atoms with Crippen LogP contribution in [0.1, 0.15) is 26.3 Å². The van der Waals surface area contributed by atoms with E-state index in [1.807, 2.05) is 19.1 Å². The van der Waals surface area contributed by atoms with Gasteiger partial charge in [0.15, 0.2) is 0 Å². The zero-order valence-electron chi connectivity index (χ0n) is 15.1. The van der Waals surface area contributed by atoms with Crippen molar-refractivity contribution < 1.29 is 8.42 Å². The molecular weight excluding hydrogens is 322 g/mol. The molecule has 1 aromatic carbocycles. The maximum atomic E-state index is 13.0. The van der Waals surface area contributed by atoms with E-state index in [1.165, 1.54) is 0 Å². The molecule has 0 bridgehead atoms. The summed E-state index contributed by atoms with van der Waals surface area (Å²) in [6.07, 6.45) is 0. The fraction of sp³-hybridized carbons (Fsp3) is 0.556. The van der Waals surface area contributed by atoms with Gasteiger partial charge in [-0.05, 0) is 24.5 Å². The van der Waals surface area contributed by atoms with E-state index >= 15 is 0 Å². The molecule has 126 valence electrons. The summed E-state index contributed by atoms with van der Waals surface area (Å²) >= 11 is 0. The molecule has 0 saturated carbocycles. The van der Waals surface area contributed by atoms with Crippen LogP contribution in [0.3, 0.4) is 0 Å². The van der Waals surface area contributed by atoms with Crippen LogP contribution < -0.4 is 0 Å². The summed E-state index contributed by atoms with van der Waals surface area (Å²) in [6.45, 7) is 14.7. The topological polar surface area (TPSA) is 37.1 Å². The zero-order valence-corrected chi connectivity index (χ0v) is 17.0. The van der Waals surface area contributed by atoms with Gasteiger partial charge in [-0.3, -0.25) is 0 Å². The number of nitrogens with zero attached hydrogens (tertiary/aromatic N) is 1. The van der Waals surface area contributed by atoms with Gasteiger partial charge in [-0.25, -0.2) is 8.42 Å². The first-order valence-electron chi connectivity index (χ1n) is 7.97. The van der Waals surface area contributed by atoms with E-state index in [9.17, 15) is 8.42 Å². The van der Waals surface area contributed by atoms with Crippen molar-refractivity contribution in [3.8, 4) is 11.5 Å². The summed E-state index contributed by atoms with van der Waals surface area (Å²) < 4.78 is 27.5. The quantitative estimate of drug-likeness (QED) is 0.464. The second-order valence-corrected chi connectivity index (χ2v) is 15.0. The first kappa shape index (κ1) is 18.2. The van der Waals surface area contributed by atoms with Crippen molar-refractivity contribution in [2.45, 2.75) is 64.3 Å². The molecule has 23 heavy (non-hydrogen) atoms. The third-order valence-corrected chi connectivity index (χ3v) is 6.61. The minimum Gasteiger partial charge on any atom is -0.207 e. The molecular formula is C18H27NO2SSi. The van der Waals surface area contributed by atoms with Crippen molar-refractivity contribution in [1.29, 1.82) is 0 Å². The van der Waals surface area contributed by atoms with Crippen LogP contribution in [0.15, 0.2) is 29.2 Å². The van der Waals surface area contributed by atoms with Gasteiger partial charge in [0.05, 0.1) is 10.9 Å². The Morgan fingerprint density at radius 3 is 2.04 bits per heavy atom. The largest absolute Gasteiger partial charge is 0.244 e. The van der Waals surface area contributed by atoms with Gasteiger partial charge >= 0.3 is 0 Å². The Bertz CT molecular complexity index is 743. The van der Waals surface area contributed by atoms with Gasteiger partial charge in [-0.15, -0.1) is 5.54 Å². The highest BCUT2D eigenvalue weighted by Gasteiger charge is 2.59. The van der Waals surface area contributed by atoms with Gasteiger partial charge in [0.2, 0.25) is 10.0 Å². The van der Waals surface area contributed by atoms with E-state index in [2.05, 4.69) is 51.9 Å². The molecule has 1 unspecified atom stereocenters. The summed E-state index contributed by atoms with van der Waals surface area (Å²) in [5.41, 5.74) is 4.26. The molecule has 0 aliphatic carbocycles. The van der Waals surface area contributed by atoms with Gasteiger partial charge < -0.3 is 0 Å². The lowest BCUT2D eigenvalue weighted by atomic mass is 9.90. The molecule has 0 aromatic heterocycles. The molecule has 5 heteroatoms. The van der Waals surface area contributed by atoms with E-state index in [4.69, 9.17) is 0 Å². The molecule has 1 fully saturated rings. The van der Waals surface area contributed by atoms with Crippen molar-refractivity contribution in [3.63, 3.8) is 0 Å². The van der Waals surface area contributed by atoms with E-state index < -0.39 is 18.1 Å². The highest BCUT2D eigenvalue weighted by molar-refractivity contribution is 7.89. The Morgan fingerprint density at radius 1 is 1.09 bits per heavy atom. The van der Waals surface area contributed by atoms with Crippen molar-refractivity contribution in [1.82, 2.24) is 4.31 Å². The lowest BCUT2D eigenvalue weighted by Crippen LogP contribution is -2.23. The van der Waals surface area contributed by atoms with Crippen molar-refractivity contribution >= 4 is 18.1 Å². The molecule has 3 nitrogen and oxygen atoms in total. The predicted octanol–water partition coefficient (Wildman–Crippen LogP) is 3.66. The Hall–Kier alpha value is -1.09. The van der Waals surface area contributed by atoms with Gasteiger partial charge in [-0.1, -0.05) is 64.0 Å². The van der Waals surface area contributed by atoms with E-state index in [0.29, 0.717) is 4.90 Å². The van der Waals surface area contributed by atoms with Crippen LogP contribution in [0.4, 0.5) is 0 Å². The molecule has 1 aromatic rings. The number of hydrogen-bond acceptors (Lipinski definition) is 2. The number of sulfonamides is 1. The molecule has 0 spiro atoms. The normalized spacial score (nSPS) is 24.7. The monoisotopic (exact) mass is 349 g/mol. The second kappa shape index (κ2) is 5.77. The number of aryl methyl sites for hydroxylation is 1. The Labute approximate surface area is 142 Å². The molecule has 1 aliphatic heterocycles. The highest BCUT2D eigenvalue weighted by Crippen LogP contribution is 2.45. The predicted molar refractivity (Wildman–Crippen MR) is 98.4 cm³/mol. The fourth-order valence-electron chi connectivity index (χ4n) is 2.63. The van der Waals surface area contributed by atoms with Crippen molar-refractivity contribution in [3.05, 3.63) is 29.8 Å². The molecule has 1 heterocycles. The Morgan fingerprint density at radius 2 is 1.61 bits per heavy atom. The minimum absolute atomic E-state index is 0.0577. The van der Waals surface area contributed by atoms with Gasteiger partial charge in [-0.2, -0.15) is 4.31 Å². The zero-order chi connectivity index (χ0) is 17.6. The first-order chi connectivity index (χ1) is 10.3. The number of benzene rings is 1. The van der Waals surface area contributed by atoms with Gasteiger partial charge in [0.25, 0.3) is 0 Å². The summed E-state index contributed by atoms with van der Waals surface area (Å²) in [5, 5.41) is 0. The van der Waals surface area contributed by atoms with Gasteiger partial charge in [0.1, 0.15) is 14.1 Å². The van der Waals surface area contributed by atoms with Crippen molar-refractivity contribution in [2.24, 2.45) is 5.41 Å². The third kappa shape index (κ3) is 4.06. The lowest BCUT2D eigenvalue weighted by Gasteiger charge is -2.17. The molecule has 2 rings (SSSR count). The average Bonchev–Trinajstić information content (AvgIpc) is 3.11. The molecule has 3 atom stereocenters. The molecule has 1 aliphatic rings. The van der Waals surface area contributed by atoms with Gasteiger partial charge in [0, 0.05) is 0 Å². The van der Waals surface area contributed by atoms with E-state index in [-0.39, 0.29) is 17.5 Å². The standard InChI is InChI=1S/C18H27NO2SSi/c1-14-8-10-15(11-9-14)22(20,21)19-16(12-13-23(5,6)7)17(19)18(2,3)4/h8-11,16-17H,1-7H3/t16-,17-,19?/m0/s1. The Kier molecular flexibility index (Phi) is 4.57. The summed E-state index contributed by atoms with van der Waals surface area (Å²) in [4.78, 5) is 0.356. The minimum atomic E-state index is -3.49. The van der Waals surface area contributed by atoms with Crippen LogP contribution in [0, 0.1) is 23.8 Å². The third-order valence-electron chi connectivity index (χ3n) is 3.84. The van der Waals surface area contributed by atoms with E-state index in [1.54, 1.807) is 16.4 Å². The SMILES string of the molecule is Cc1ccc(S(=O)(=O)N2[C@H](C(C)(C)C)[C@@H]2C#C[Si](C)(C)C)cc1. The molecule has 0 N–H and O–H groups in total. The summed E-state index contributed by atoms with van der Waals surface area (Å²) in [5.74, 6) is 3.25. The van der Waals surface area contributed by atoms with E-state index in [0.717, 1.165) is 5.56 Å². The van der Waals surface area contributed by atoms with Crippen LogP contribution >= 0.6 is 0 Å². The molecule has 0 radical (unpaired) electrons. The maximum absolute atomic E-state index is 13.0. The smallest absolute Gasteiger partial charge is 0.207 e. The second-order valence-electron chi connectivity index (χ2n) is 8.42. The van der Waals surface area contributed by atoms with Crippen LogP contribution in [0.2, 0.25) is 19.6 Å².